The van der Waals surface area contributed by atoms with E-state index in [1.807, 2.05) is 64.1 Å². The Bertz CT molecular complexity index is 1550. The van der Waals surface area contributed by atoms with Crippen molar-refractivity contribution < 1.29 is 19.1 Å². The summed E-state index contributed by atoms with van der Waals surface area (Å²) in [7, 11) is 1.68. The standard InChI is InChI=1S/C29H30N4O2.C5H9NO2.C2H6.C2H4/c1-6-33(7-2)22-8-9-23-24(20(4)34-5)17-29(35-28(23)16-22)25(18-30)21-11-13-32-27(15-21)26-14-19(3)10-12-31-26;6-4-5(8)2-1-3-7;2*1-2/h8-17,20H,6-7H2,1-5H3;3H,1-2,4,6H2;1-2H3;1-2H2/b29-25-;;;. The summed E-state index contributed by atoms with van der Waals surface area (Å²) in [5.41, 5.74) is 11.7. The number of nitrogens with two attached hydrogens (primary N) is 1. The van der Waals surface area contributed by atoms with E-state index in [9.17, 15) is 14.9 Å². The predicted octanol–water partition coefficient (Wildman–Crippen LogP) is 7.37. The SMILES string of the molecule is C=C.CC.CCN(CC)c1ccc2c(c1)O/C(=C(/C#N)c1ccnc(-c3cc(C)ccn3)c1)C=C2C(C)OC.NCC(=O)CCC=O. The molecule has 2 aromatic heterocycles. The van der Waals surface area contributed by atoms with Crippen molar-refractivity contribution >= 4 is 28.9 Å². The minimum atomic E-state index is -0.170. The van der Waals surface area contributed by atoms with Crippen molar-refractivity contribution in [1.29, 1.82) is 5.26 Å². The van der Waals surface area contributed by atoms with E-state index in [0.717, 1.165) is 46.7 Å². The molecule has 0 bridgehead atoms. The highest BCUT2D eigenvalue weighted by Gasteiger charge is 2.25. The molecule has 1 aromatic carbocycles. The summed E-state index contributed by atoms with van der Waals surface area (Å²) in [6, 6.07) is 16.2. The number of carbonyl (C=O) groups excluding carboxylic acids is 2. The van der Waals surface area contributed by atoms with Crippen LogP contribution < -0.4 is 15.4 Å². The highest BCUT2D eigenvalue weighted by molar-refractivity contribution is 5.87. The van der Waals surface area contributed by atoms with Crippen molar-refractivity contribution in [1.82, 2.24) is 9.97 Å². The average Bonchev–Trinajstić information content (AvgIpc) is 3.12. The summed E-state index contributed by atoms with van der Waals surface area (Å²) in [6.45, 7) is 20.1. The van der Waals surface area contributed by atoms with Gasteiger partial charge in [-0.3, -0.25) is 14.8 Å². The first-order valence-electron chi connectivity index (χ1n) is 15.8. The molecule has 2 N–H and O–H groups in total. The van der Waals surface area contributed by atoms with Gasteiger partial charge in [-0.1, -0.05) is 13.8 Å². The predicted molar refractivity (Wildman–Crippen MR) is 192 cm³/mol. The molecule has 47 heavy (non-hydrogen) atoms. The number of rotatable bonds is 11. The molecule has 0 fully saturated rings. The number of ketones is 1. The second-order valence-electron chi connectivity index (χ2n) is 9.88. The molecule has 0 spiro atoms. The van der Waals surface area contributed by atoms with Crippen LogP contribution in [0.4, 0.5) is 5.69 Å². The lowest BCUT2D eigenvalue weighted by Crippen LogP contribution is -2.22. The van der Waals surface area contributed by atoms with E-state index in [4.69, 9.17) is 15.2 Å². The number of allylic oxidation sites excluding steroid dienone is 2. The van der Waals surface area contributed by atoms with Crippen molar-refractivity contribution in [2.45, 2.75) is 60.5 Å². The summed E-state index contributed by atoms with van der Waals surface area (Å²) in [4.78, 5) is 31.1. The quantitative estimate of drug-likeness (QED) is 0.130. The topological polar surface area (TPSA) is 131 Å². The van der Waals surface area contributed by atoms with Gasteiger partial charge in [0.25, 0.3) is 0 Å². The van der Waals surface area contributed by atoms with Crippen molar-refractivity contribution in [2.24, 2.45) is 5.73 Å². The fourth-order valence-electron chi connectivity index (χ4n) is 4.56. The van der Waals surface area contributed by atoms with E-state index in [1.54, 1.807) is 19.5 Å². The number of pyridine rings is 2. The van der Waals surface area contributed by atoms with Gasteiger partial charge in [0.2, 0.25) is 0 Å². The molecule has 3 heterocycles. The molecular formula is C38H49N5O4. The van der Waals surface area contributed by atoms with Gasteiger partial charge >= 0.3 is 0 Å². The Balaban J connectivity index is 0.000000797. The van der Waals surface area contributed by atoms with Gasteiger partial charge in [-0.15, -0.1) is 13.2 Å². The van der Waals surface area contributed by atoms with E-state index < -0.39 is 0 Å². The number of anilines is 1. The first-order valence-corrected chi connectivity index (χ1v) is 15.8. The van der Waals surface area contributed by atoms with Crippen molar-refractivity contribution in [3.63, 3.8) is 0 Å². The molecule has 1 aliphatic rings. The molecule has 9 nitrogen and oxygen atoms in total. The van der Waals surface area contributed by atoms with Crippen molar-refractivity contribution in [3.8, 4) is 23.2 Å². The highest BCUT2D eigenvalue weighted by atomic mass is 16.5. The van der Waals surface area contributed by atoms with Crippen LogP contribution in [-0.4, -0.2) is 54.9 Å². The number of benzene rings is 1. The Morgan fingerprint density at radius 3 is 2.28 bits per heavy atom. The number of aldehydes is 1. The summed E-state index contributed by atoms with van der Waals surface area (Å²) >= 11 is 0. The van der Waals surface area contributed by atoms with E-state index in [2.05, 4.69) is 60.1 Å². The number of fused-ring (bicyclic) bond motifs is 1. The third kappa shape index (κ3) is 11.4. The number of aryl methyl sites for hydroxylation is 1. The second-order valence-corrected chi connectivity index (χ2v) is 9.88. The monoisotopic (exact) mass is 639 g/mol. The first-order chi connectivity index (χ1) is 22.8. The fraction of sp³-hybridized carbons (Fsp3) is 0.342. The summed E-state index contributed by atoms with van der Waals surface area (Å²) < 4.78 is 12.0. The van der Waals surface area contributed by atoms with Gasteiger partial charge in [-0.25, -0.2) is 0 Å². The fourth-order valence-corrected chi connectivity index (χ4v) is 4.56. The molecule has 1 unspecified atom stereocenters. The maximum Gasteiger partial charge on any atom is 0.146 e. The van der Waals surface area contributed by atoms with Gasteiger partial charge in [0.1, 0.15) is 35.2 Å². The molecule has 1 aliphatic heterocycles. The molecule has 250 valence electrons. The third-order valence-corrected chi connectivity index (χ3v) is 7.06. The summed E-state index contributed by atoms with van der Waals surface area (Å²) in [5.74, 6) is 1.15. The Labute approximate surface area is 280 Å². The van der Waals surface area contributed by atoms with E-state index in [0.29, 0.717) is 41.9 Å². The Morgan fingerprint density at radius 1 is 1.09 bits per heavy atom. The molecule has 9 heteroatoms. The van der Waals surface area contributed by atoms with Gasteiger partial charge < -0.3 is 24.9 Å². The van der Waals surface area contributed by atoms with Crippen LogP contribution in [0.2, 0.25) is 0 Å². The van der Waals surface area contributed by atoms with Crippen LogP contribution in [0.3, 0.4) is 0 Å². The van der Waals surface area contributed by atoms with Gasteiger partial charge in [-0.05, 0) is 86.9 Å². The number of hydrogen-bond donors (Lipinski definition) is 1. The zero-order chi connectivity index (χ0) is 35.4. The molecule has 4 rings (SSSR count). The smallest absolute Gasteiger partial charge is 0.146 e. The highest BCUT2D eigenvalue weighted by Crippen LogP contribution is 2.40. The second kappa shape index (κ2) is 21.8. The number of hydrogen-bond acceptors (Lipinski definition) is 9. The number of nitriles is 1. The van der Waals surface area contributed by atoms with Crippen LogP contribution in [0, 0.1) is 18.3 Å². The number of aromatic nitrogens is 2. The number of carbonyl (C=O) groups is 2. The molecular weight excluding hydrogens is 590 g/mol. The lowest BCUT2D eigenvalue weighted by Gasteiger charge is -2.27. The molecule has 0 radical (unpaired) electrons. The van der Waals surface area contributed by atoms with Crippen LogP contribution in [0.15, 0.2) is 79.9 Å². The van der Waals surface area contributed by atoms with Gasteiger partial charge in [0.05, 0.1) is 24.0 Å². The molecule has 3 aromatic rings. The van der Waals surface area contributed by atoms with Crippen molar-refractivity contribution in [2.75, 3.05) is 31.6 Å². The maximum atomic E-state index is 10.3. The lowest BCUT2D eigenvalue weighted by atomic mass is 9.94. The normalized spacial score (nSPS) is 12.7. The molecule has 0 amide bonds. The van der Waals surface area contributed by atoms with Gasteiger partial charge in [0, 0.05) is 62.8 Å². The molecule has 0 aliphatic carbocycles. The summed E-state index contributed by atoms with van der Waals surface area (Å²) in [5, 5.41) is 10.2. The number of nitrogens with zero attached hydrogens (tertiary/aromatic N) is 4. The number of methoxy groups -OCH3 is 1. The average molecular weight is 640 g/mol. The molecule has 0 saturated carbocycles. The van der Waals surface area contributed by atoms with Crippen LogP contribution in [0.25, 0.3) is 22.5 Å². The minimum absolute atomic E-state index is 0.0494. The van der Waals surface area contributed by atoms with E-state index in [-0.39, 0.29) is 18.4 Å². The van der Waals surface area contributed by atoms with Crippen molar-refractivity contribution in [3.05, 3.63) is 96.5 Å². The van der Waals surface area contributed by atoms with Crippen LogP contribution in [0.1, 0.15) is 64.2 Å². The Morgan fingerprint density at radius 2 is 1.72 bits per heavy atom. The summed E-state index contributed by atoms with van der Waals surface area (Å²) in [6.07, 6.45) is 6.51. The first kappa shape index (κ1) is 40.1. The molecule has 1 atom stereocenters. The zero-order valence-corrected chi connectivity index (χ0v) is 28.9. The Hall–Kier alpha value is -4.91. The van der Waals surface area contributed by atoms with E-state index >= 15 is 0 Å². The number of Topliss-reactive ketones (excluding diaryl/α,β-unsaturated/α-hetero) is 1. The third-order valence-electron chi connectivity index (χ3n) is 7.06. The van der Waals surface area contributed by atoms with Gasteiger partial charge in [-0.2, -0.15) is 5.26 Å². The maximum absolute atomic E-state index is 10.3. The van der Waals surface area contributed by atoms with Crippen LogP contribution >= 0.6 is 0 Å². The lowest BCUT2D eigenvalue weighted by molar-refractivity contribution is -0.119. The number of ether oxygens (including phenoxy) is 2. The van der Waals surface area contributed by atoms with Gasteiger partial charge in [0.15, 0.2) is 0 Å². The largest absolute Gasteiger partial charge is 0.455 e. The van der Waals surface area contributed by atoms with Crippen LogP contribution in [-0.2, 0) is 14.3 Å². The Kier molecular flexibility index (Phi) is 18.6. The van der Waals surface area contributed by atoms with Crippen LogP contribution in [0.5, 0.6) is 5.75 Å². The zero-order valence-electron chi connectivity index (χ0n) is 28.9. The molecule has 0 saturated heterocycles. The minimum Gasteiger partial charge on any atom is -0.455 e. The van der Waals surface area contributed by atoms with E-state index in [1.165, 1.54) is 0 Å².